The molecule has 0 saturated heterocycles. The minimum atomic E-state index is -1.70. The van der Waals surface area contributed by atoms with Crippen LogP contribution < -0.4 is 10.6 Å². The van der Waals surface area contributed by atoms with Gasteiger partial charge in [-0.05, 0) is 78.2 Å². The molecule has 2 N–H and O–H groups in total. The Hall–Kier alpha value is -4.26. The molecule has 3 aliphatic rings. The van der Waals surface area contributed by atoms with Gasteiger partial charge in [-0.1, -0.05) is 59.6 Å². The van der Waals surface area contributed by atoms with Crippen LogP contribution in [0.25, 0.3) is 0 Å². The normalized spacial score (nSPS) is 25.6. The van der Waals surface area contributed by atoms with Crippen molar-refractivity contribution in [3.05, 3.63) is 129 Å². The lowest BCUT2D eigenvalue weighted by Crippen LogP contribution is -2.60. The van der Waals surface area contributed by atoms with E-state index in [1.54, 1.807) is 97.1 Å². The van der Waals surface area contributed by atoms with Gasteiger partial charge in [0, 0.05) is 44.4 Å². The largest absolute Gasteiger partial charge is 0.325 e. The van der Waals surface area contributed by atoms with Crippen molar-refractivity contribution in [2.24, 2.45) is 11.8 Å². The maximum atomic E-state index is 14.5. The standard InChI is InChI=1S/C33H22Cl2N2O4/c34-20-13-9-18(10-14-20)28(38)24-17-25(29(39)19-11-15-21(35)16-12-19)33(23-6-2-4-8-27(23)37-31(33)41)32(24)22-5-1-3-7-26(22)36-30(32)40/h1-16,24-25H,17H2,(H,36,40)(H,37,41)/t24-,25-,32-,33+/m1/s1. The zero-order valence-electron chi connectivity index (χ0n) is 21.5. The van der Waals surface area contributed by atoms with Gasteiger partial charge in [0.1, 0.15) is 10.8 Å². The molecule has 0 bridgehead atoms. The minimum Gasteiger partial charge on any atom is -0.325 e. The maximum Gasteiger partial charge on any atom is 0.237 e. The highest BCUT2D eigenvalue weighted by Crippen LogP contribution is 2.68. The summed E-state index contributed by atoms with van der Waals surface area (Å²) in [4.78, 5) is 58.1. The highest BCUT2D eigenvalue weighted by molar-refractivity contribution is 6.31. The van der Waals surface area contributed by atoms with E-state index in [1.165, 1.54) is 0 Å². The van der Waals surface area contributed by atoms with Gasteiger partial charge in [-0.25, -0.2) is 0 Å². The predicted octanol–water partition coefficient (Wildman–Crippen LogP) is 6.48. The molecule has 0 aromatic heterocycles. The van der Waals surface area contributed by atoms with Crippen LogP contribution in [0.2, 0.25) is 10.0 Å². The van der Waals surface area contributed by atoms with E-state index in [4.69, 9.17) is 23.2 Å². The number of ketones is 2. The van der Waals surface area contributed by atoms with Crippen molar-refractivity contribution >= 4 is 58.0 Å². The molecular formula is C33H22Cl2N2O4. The van der Waals surface area contributed by atoms with E-state index in [-0.39, 0.29) is 18.0 Å². The summed E-state index contributed by atoms with van der Waals surface area (Å²) < 4.78 is 0. The predicted molar refractivity (Wildman–Crippen MR) is 157 cm³/mol. The molecule has 41 heavy (non-hydrogen) atoms. The second kappa shape index (κ2) is 9.13. The molecular weight excluding hydrogens is 559 g/mol. The fourth-order valence-corrected chi connectivity index (χ4v) is 7.66. The number of hydrogen-bond donors (Lipinski definition) is 2. The topological polar surface area (TPSA) is 92.3 Å². The first-order valence-electron chi connectivity index (χ1n) is 13.2. The van der Waals surface area contributed by atoms with E-state index in [0.29, 0.717) is 43.7 Å². The first-order chi connectivity index (χ1) is 19.8. The Morgan fingerprint density at radius 1 is 0.585 bits per heavy atom. The molecule has 2 heterocycles. The molecule has 8 heteroatoms. The van der Waals surface area contributed by atoms with E-state index in [2.05, 4.69) is 10.6 Å². The lowest BCUT2D eigenvalue weighted by molar-refractivity contribution is -0.132. The SMILES string of the molecule is O=C(c1ccc(Cl)cc1)[C@H]1C[C@H](C(=O)c2ccc(Cl)cc2)[C@]2(C(=O)Nc3ccccc32)[C@]12C(=O)Nc1ccccc12. The van der Waals surface area contributed by atoms with E-state index in [1.807, 2.05) is 0 Å². The number of amides is 2. The van der Waals surface area contributed by atoms with Crippen LogP contribution in [-0.4, -0.2) is 23.4 Å². The van der Waals surface area contributed by atoms with Crippen LogP contribution in [0.5, 0.6) is 0 Å². The summed E-state index contributed by atoms with van der Waals surface area (Å²) in [6.07, 6.45) is -0.0214. The van der Waals surface area contributed by atoms with Crippen LogP contribution in [0, 0.1) is 11.8 Å². The zero-order chi connectivity index (χ0) is 28.5. The fourth-order valence-electron chi connectivity index (χ4n) is 7.41. The smallest absolute Gasteiger partial charge is 0.237 e. The van der Waals surface area contributed by atoms with Gasteiger partial charge < -0.3 is 10.6 Å². The van der Waals surface area contributed by atoms with Crippen molar-refractivity contribution in [1.82, 2.24) is 0 Å². The van der Waals surface area contributed by atoms with E-state index >= 15 is 0 Å². The zero-order valence-corrected chi connectivity index (χ0v) is 23.0. The van der Waals surface area contributed by atoms with Crippen molar-refractivity contribution in [3.63, 3.8) is 0 Å². The number of carbonyl (C=O) groups is 4. The Kier molecular flexibility index (Phi) is 5.72. The first kappa shape index (κ1) is 25.7. The molecule has 4 aromatic carbocycles. The molecule has 2 spiro atoms. The highest BCUT2D eigenvalue weighted by atomic mass is 35.5. The number of carbonyl (C=O) groups excluding carboxylic acids is 4. The summed E-state index contributed by atoms with van der Waals surface area (Å²) in [6, 6.07) is 27.1. The molecule has 1 fully saturated rings. The molecule has 4 aromatic rings. The van der Waals surface area contributed by atoms with Gasteiger partial charge in [0.05, 0.1) is 0 Å². The third kappa shape index (κ3) is 3.32. The van der Waals surface area contributed by atoms with Crippen LogP contribution >= 0.6 is 23.2 Å². The van der Waals surface area contributed by atoms with Gasteiger partial charge in [-0.15, -0.1) is 0 Å². The monoisotopic (exact) mass is 580 g/mol. The quantitative estimate of drug-likeness (QED) is 0.270. The van der Waals surface area contributed by atoms with Crippen molar-refractivity contribution in [1.29, 1.82) is 0 Å². The number of halogens is 2. The molecule has 7 rings (SSSR count). The number of para-hydroxylation sites is 2. The van der Waals surface area contributed by atoms with E-state index < -0.39 is 34.5 Å². The first-order valence-corrected chi connectivity index (χ1v) is 14.0. The van der Waals surface area contributed by atoms with E-state index in [0.717, 1.165) is 0 Å². The van der Waals surface area contributed by atoms with Gasteiger partial charge in [-0.3, -0.25) is 19.2 Å². The Morgan fingerprint density at radius 2 is 0.951 bits per heavy atom. The van der Waals surface area contributed by atoms with Gasteiger partial charge in [0.2, 0.25) is 11.8 Å². The Bertz CT molecular complexity index is 1650. The average Bonchev–Trinajstić information content (AvgIpc) is 3.58. The van der Waals surface area contributed by atoms with Gasteiger partial charge in [0.15, 0.2) is 11.6 Å². The molecule has 2 aliphatic heterocycles. The summed E-state index contributed by atoms with van der Waals surface area (Å²) >= 11 is 12.2. The van der Waals surface area contributed by atoms with Crippen molar-refractivity contribution in [2.45, 2.75) is 17.3 Å². The average molecular weight is 581 g/mol. The van der Waals surface area contributed by atoms with Crippen LogP contribution in [0.1, 0.15) is 38.3 Å². The van der Waals surface area contributed by atoms with Crippen LogP contribution in [0.4, 0.5) is 11.4 Å². The highest BCUT2D eigenvalue weighted by Gasteiger charge is 2.79. The summed E-state index contributed by atoms with van der Waals surface area (Å²) in [5.74, 6) is -3.71. The molecule has 1 saturated carbocycles. The van der Waals surface area contributed by atoms with Crippen molar-refractivity contribution < 1.29 is 19.2 Å². The second-order valence-electron chi connectivity index (χ2n) is 10.7. The number of rotatable bonds is 4. The van der Waals surface area contributed by atoms with Gasteiger partial charge in [-0.2, -0.15) is 0 Å². The minimum absolute atomic E-state index is 0.0214. The summed E-state index contributed by atoms with van der Waals surface area (Å²) in [6.45, 7) is 0. The maximum absolute atomic E-state index is 14.5. The number of benzene rings is 4. The summed E-state index contributed by atoms with van der Waals surface area (Å²) in [5, 5.41) is 6.85. The number of fused-ring (bicyclic) bond motifs is 5. The fraction of sp³-hybridized carbons (Fsp3) is 0.152. The molecule has 0 radical (unpaired) electrons. The van der Waals surface area contributed by atoms with Gasteiger partial charge >= 0.3 is 0 Å². The third-order valence-corrected chi connectivity index (χ3v) is 9.45. The Labute approximate surface area is 245 Å². The molecule has 1 aliphatic carbocycles. The number of nitrogens with one attached hydrogen (secondary N) is 2. The molecule has 6 nitrogen and oxygen atoms in total. The molecule has 0 unspecified atom stereocenters. The lowest BCUT2D eigenvalue weighted by atomic mass is 9.53. The molecule has 202 valence electrons. The molecule has 2 amide bonds. The lowest BCUT2D eigenvalue weighted by Gasteiger charge is -2.42. The second-order valence-corrected chi connectivity index (χ2v) is 11.6. The van der Waals surface area contributed by atoms with Crippen LogP contribution in [-0.2, 0) is 20.4 Å². The van der Waals surface area contributed by atoms with Crippen molar-refractivity contribution in [3.8, 4) is 0 Å². The Balaban J connectivity index is 1.56. The number of Topliss-reactive ketones (excluding diaryl/α,β-unsaturated/α-hetero) is 2. The summed E-state index contributed by atoms with van der Waals surface area (Å²) in [7, 11) is 0. The van der Waals surface area contributed by atoms with Crippen LogP contribution in [0.3, 0.4) is 0 Å². The van der Waals surface area contributed by atoms with Crippen molar-refractivity contribution in [2.75, 3.05) is 10.6 Å². The van der Waals surface area contributed by atoms with Gasteiger partial charge in [0.25, 0.3) is 0 Å². The Morgan fingerprint density at radius 3 is 1.34 bits per heavy atom. The summed E-state index contributed by atoms with van der Waals surface area (Å²) in [5.41, 5.74) is -0.640. The third-order valence-electron chi connectivity index (χ3n) is 8.95. The number of hydrogen-bond acceptors (Lipinski definition) is 4. The number of anilines is 2. The van der Waals surface area contributed by atoms with Crippen LogP contribution in [0.15, 0.2) is 97.1 Å². The molecule has 4 atom stereocenters. The van der Waals surface area contributed by atoms with E-state index in [9.17, 15) is 19.2 Å².